The topological polar surface area (TPSA) is 55.4 Å². The monoisotopic (exact) mass is 213 g/mol. The first-order chi connectivity index (χ1) is 6.87. The summed E-state index contributed by atoms with van der Waals surface area (Å²) in [6, 6.07) is 0.120. The molecule has 1 saturated carbocycles. The molecule has 0 bridgehead atoms. The Labute approximate surface area is 90.4 Å². The molecule has 1 aliphatic rings. The molecule has 2 atom stereocenters. The van der Waals surface area contributed by atoms with Gasteiger partial charge >= 0.3 is 0 Å². The summed E-state index contributed by atoms with van der Waals surface area (Å²) < 4.78 is 5.28. The molecule has 4 nitrogen and oxygen atoms in total. The van der Waals surface area contributed by atoms with Crippen LogP contribution in [0, 0.1) is 5.41 Å². The number of Topliss-reactive ketones (excluding diaryl/α,β-unsaturated/α-hetero) is 1. The smallest absolute Gasteiger partial charge is 0.227 e. The van der Waals surface area contributed by atoms with Crippen molar-refractivity contribution in [2.45, 2.75) is 45.8 Å². The number of rotatable bonds is 4. The molecular weight excluding hydrogens is 194 g/mol. The van der Waals surface area contributed by atoms with Crippen molar-refractivity contribution in [2.75, 3.05) is 7.11 Å². The molecule has 86 valence electrons. The molecule has 0 saturated heterocycles. The van der Waals surface area contributed by atoms with Gasteiger partial charge < -0.3 is 10.1 Å². The molecule has 1 N–H and O–H groups in total. The average molecular weight is 213 g/mol. The molecule has 0 aromatic rings. The fraction of sp³-hybridized carbons (Fsp3) is 0.818. The van der Waals surface area contributed by atoms with Crippen LogP contribution in [0.4, 0.5) is 0 Å². The maximum atomic E-state index is 11.4. The Morgan fingerprint density at radius 2 is 2.07 bits per heavy atom. The molecule has 1 amide bonds. The lowest BCUT2D eigenvalue weighted by atomic mass is 9.64. The van der Waals surface area contributed by atoms with Crippen molar-refractivity contribution >= 4 is 11.7 Å². The summed E-state index contributed by atoms with van der Waals surface area (Å²) in [6.07, 6.45) is 0.998. The third-order valence-electron chi connectivity index (χ3n) is 3.21. The predicted molar refractivity (Wildman–Crippen MR) is 56.4 cm³/mol. The van der Waals surface area contributed by atoms with Crippen molar-refractivity contribution in [1.82, 2.24) is 5.32 Å². The minimum atomic E-state index is -0.185. The van der Waals surface area contributed by atoms with Gasteiger partial charge in [0.1, 0.15) is 5.78 Å². The summed E-state index contributed by atoms with van der Waals surface area (Å²) in [4.78, 5) is 22.1. The Morgan fingerprint density at radius 3 is 2.47 bits per heavy atom. The number of methoxy groups -OCH3 is 1. The van der Waals surface area contributed by atoms with E-state index in [9.17, 15) is 9.59 Å². The summed E-state index contributed by atoms with van der Waals surface area (Å²) in [5.74, 6) is -0.289. The molecule has 1 aliphatic carbocycles. The lowest BCUT2D eigenvalue weighted by Gasteiger charge is -2.51. The Bertz CT molecular complexity index is 273. The lowest BCUT2D eigenvalue weighted by molar-refractivity contribution is -0.135. The third kappa shape index (κ3) is 2.56. The first-order valence-electron chi connectivity index (χ1n) is 5.19. The molecular formula is C11H19NO3. The van der Waals surface area contributed by atoms with Gasteiger partial charge in [0.2, 0.25) is 5.91 Å². The zero-order valence-corrected chi connectivity index (χ0v) is 9.79. The van der Waals surface area contributed by atoms with Crippen molar-refractivity contribution in [3.8, 4) is 0 Å². The van der Waals surface area contributed by atoms with Gasteiger partial charge in [-0.15, -0.1) is 0 Å². The second-order valence-electron chi connectivity index (χ2n) is 4.78. The lowest BCUT2D eigenvalue weighted by Crippen LogP contribution is -2.61. The summed E-state index contributed by atoms with van der Waals surface area (Å²) in [7, 11) is 1.68. The SMILES string of the molecule is COC1CC(NC(=O)CC(C)=O)C1(C)C. The molecule has 0 aromatic heterocycles. The van der Waals surface area contributed by atoms with Crippen LogP contribution in [0.2, 0.25) is 0 Å². The molecule has 0 heterocycles. The van der Waals surface area contributed by atoms with Gasteiger partial charge in [0.25, 0.3) is 0 Å². The van der Waals surface area contributed by atoms with E-state index in [0.29, 0.717) is 0 Å². The van der Waals surface area contributed by atoms with Crippen LogP contribution in [0.15, 0.2) is 0 Å². The van der Waals surface area contributed by atoms with Crippen LogP contribution in [-0.2, 0) is 14.3 Å². The van der Waals surface area contributed by atoms with Crippen molar-refractivity contribution in [2.24, 2.45) is 5.41 Å². The molecule has 0 aliphatic heterocycles. The second kappa shape index (κ2) is 4.31. The van der Waals surface area contributed by atoms with E-state index in [1.54, 1.807) is 7.11 Å². The highest BCUT2D eigenvalue weighted by Crippen LogP contribution is 2.42. The van der Waals surface area contributed by atoms with Crippen LogP contribution in [0.25, 0.3) is 0 Å². The molecule has 2 unspecified atom stereocenters. The normalized spacial score (nSPS) is 28.0. The van der Waals surface area contributed by atoms with Gasteiger partial charge in [-0.1, -0.05) is 13.8 Å². The van der Waals surface area contributed by atoms with E-state index in [0.717, 1.165) is 6.42 Å². The molecule has 1 rings (SSSR count). The fourth-order valence-corrected chi connectivity index (χ4v) is 2.00. The Kier molecular flexibility index (Phi) is 3.50. The first-order valence-corrected chi connectivity index (χ1v) is 5.19. The number of carbonyl (C=O) groups excluding carboxylic acids is 2. The van der Waals surface area contributed by atoms with E-state index in [4.69, 9.17) is 4.74 Å². The van der Waals surface area contributed by atoms with Gasteiger partial charge in [-0.05, 0) is 13.3 Å². The van der Waals surface area contributed by atoms with Crippen molar-refractivity contribution in [3.63, 3.8) is 0 Å². The number of hydrogen-bond donors (Lipinski definition) is 1. The molecule has 1 fully saturated rings. The average Bonchev–Trinajstić information content (AvgIpc) is 2.10. The van der Waals surface area contributed by atoms with Gasteiger partial charge in [-0.3, -0.25) is 9.59 Å². The standard InChI is InChI=1S/C11H19NO3/c1-7(13)5-10(14)12-8-6-9(15-4)11(8,2)3/h8-9H,5-6H2,1-4H3,(H,12,14). The molecule has 0 radical (unpaired) electrons. The Balaban J connectivity index is 2.42. The van der Waals surface area contributed by atoms with Gasteiger partial charge in [-0.25, -0.2) is 0 Å². The number of hydrogen-bond acceptors (Lipinski definition) is 3. The second-order valence-corrected chi connectivity index (χ2v) is 4.78. The van der Waals surface area contributed by atoms with Crippen LogP contribution in [-0.4, -0.2) is 30.9 Å². The van der Waals surface area contributed by atoms with Crippen molar-refractivity contribution < 1.29 is 14.3 Å². The van der Waals surface area contributed by atoms with Crippen LogP contribution >= 0.6 is 0 Å². The number of ketones is 1. The highest BCUT2D eigenvalue weighted by Gasteiger charge is 2.49. The maximum absolute atomic E-state index is 11.4. The number of nitrogens with one attached hydrogen (secondary N) is 1. The largest absolute Gasteiger partial charge is 0.381 e. The number of amides is 1. The fourth-order valence-electron chi connectivity index (χ4n) is 2.00. The van der Waals surface area contributed by atoms with E-state index in [2.05, 4.69) is 19.2 Å². The van der Waals surface area contributed by atoms with E-state index in [1.165, 1.54) is 6.92 Å². The minimum Gasteiger partial charge on any atom is -0.381 e. The summed E-state index contributed by atoms with van der Waals surface area (Å²) in [5.41, 5.74) is -0.0405. The van der Waals surface area contributed by atoms with Gasteiger partial charge in [0.05, 0.1) is 12.5 Å². The zero-order chi connectivity index (χ0) is 11.6. The number of ether oxygens (including phenoxy) is 1. The summed E-state index contributed by atoms with van der Waals surface area (Å²) in [5, 5.41) is 2.86. The number of carbonyl (C=O) groups is 2. The van der Waals surface area contributed by atoms with Crippen LogP contribution in [0.1, 0.15) is 33.6 Å². The Hall–Kier alpha value is -0.900. The van der Waals surface area contributed by atoms with E-state index < -0.39 is 0 Å². The Morgan fingerprint density at radius 1 is 1.47 bits per heavy atom. The van der Waals surface area contributed by atoms with Crippen molar-refractivity contribution in [1.29, 1.82) is 0 Å². The summed E-state index contributed by atoms with van der Waals surface area (Å²) in [6.45, 7) is 5.54. The molecule has 4 heteroatoms. The maximum Gasteiger partial charge on any atom is 0.227 e. The molecule has 0 aromatic carbocycles. The van der Waals surface area contributed by atoms with Crippen LogP contribution in [0.3, 0.4) is 0 Å². The van der Waals surface area contributed by atoms with E-state index in [-0.39, 0.29) is 35.7 Å². The minimum absolute atomic E-state index is 0.0236. The quantitative estimate of drug-likeness (QED) is 0.706. The zero-order valence-electron chi connectivity index (χ0n) is 9.79. The van der Waals surface area contributed by atoms with Crippen molar-refractivity contribution in [3.05, 3.63) is 0 Å². The van der Waals surface area contributed by atoms with Gasteiger partial charge in [0.15, 0.2) is 0 Å². The van der Waals surface area contributed by atoms with Gasteiger partial charge in [0, 0.05) is 18.6 Å². The highest BCUT2D eigenvalue weighted by atomic mass is 16.5. The highest BCUT2D eigenvalue weighted by molar-refractivity contribution is 5.96. The molecule has 15 heavy (non-hydrogen) atoms. The summed E-state index contributed by atoms with van der Waals surface area (Å²) >= 11 is 0. The predicted octanol–water partition coefficient (Wildman–Crippen LogP) is 0.895. The third-order valence-corrected chi connectivity index (χ3v) is 3.21. The van der Waals surface area contributed by atoms with Crippen LogP contribution in [0.5, 0.6) is 0 Å². The van der Waals surface area contributed by atoms with Gasteiger partial charge in [-0.2, -0.15) is 0 Å². The molecule has 0 spiro atoms. The van der Waals surface area contributed by atoms with Crippen LogP contribution < -0.4 is 5.32 Å². The first kappa shape index (κ1) is 12.2. The van der Waals surface area contributed by atoms with E-state index in [1.807, 2.05) is 0 Å². The van der Waals surface area contributed by atoms with E-state index >= 15 is 0 Å².